The molecule has 0 atom stereocenters. The molecular weight excluding hydrogens is 453 g/mol. The molecule has 3 heterocycles. The van der Waals surface area contributed by atoms with Crippen LogP contribution in [0.3, 0.4) is 0 Å². The summed E-state index contributed by atoms with van der Waals surface area (Å²) in [7, 11) is 1.45. The molecule has 1 amide bonds. The molecule has 2 aliphatic rings. The monoisotopic (exact) mass is 487 g/mol. The fraction of sp³-hybridized carbons (Fsp3) is 0.560. The van der Waals surface area contributed by atoms with Crippen molar-refractivity contribution < 1.29 is 18.7 Å². The Labute approximate surface area is 204 Å². The maximum Gasteiger partial charge on any atom is 0.255 e. The van der Waals surface area contributed by atoms with E-state index in [1.165, 1.54) is 13.2 Å². The second kappa shape index (κ2) is 11.6. The van der Waals surface area contributed by atoms with E-state index in [0.717, 1.165) is 31.5 Å². The van der Waals surface area contributed by atoms with Gasteiger partial charge in [-0.05, 0) is 43.9 Å². The van der Waals surface area contributed by atoms with Crippen LogP contribution in [0.5, 0.6) is 5.75 Å². The third kappa shape index (κ3) is 6.58. The third-order valence-electron chi connectivity index (χ3n) is 6.70. The Morgan fingerprint density at radius 1 is 1.26 bits per heavy atom. The number of aryl methyl sites for hydroxylation is 1. The average molecular weight is 488 g/mol. The first-order chi connectivity index (χ1) is 16.9. The van der Waals surface area contributed by atoms with E-state index in [0.29, 0.717) is 56.5 Å². The van der Waals surface area contributed by atoms with Crippen LogP contribution in [0.4, 0.5) is 10.3 Å². The Balaban J connectivity index is 1.22. The number of piperidine rings is 1. The molecule has 2 fully saturated rings. The summed E-state index contributed by atoms with van der Waals surface area (Å²) in [5.41, 5.74) is 1.93. The topological polar surface area (TPSA) is 99.8 Å². The first-order valence-corrected chi connectivity index (χ1v) is 12.2. The number of carbonyl (C=O) groups excluding carboxylic acids is 1. The number of rotatable bonds is 8. The molecule has 2 saturated heterocycles. The van der Waals surface area contributed by atoms with Crippen LogP contribution in [-0.2, 0) is 22.5 Å². The van der Waals surface area contributed by atoms with E-state index in [-0.39, 0.29) is 35.5 Å². The number of aromatic nitrogens is 2. The number of anilines is 1. The number of halogens is 1. The molecule has 0 bridgehead atoms. The number of likely N-dealkylation sites (tertiary alicyclic amines) is 1. The van der Waals surface area contributed by atoms with E-state index in [2.05, 4.69) is 20.2 Å². The lowest BCUT2D eigenvalue weighted by atomic mass is 10.0. The molecule has 0 aliphatic carbocycles. The van der Waals surface area contributed by atoms with E-state index < -0.39 is 0 Å². The quantitative estimate of drug-likeness (QED) is 0.586. The molecule has 1 aromatic carbocycles. The van der Waals surface area contributed by atoms with Gasteiger partial charge < -0.3 is 19.7 Å². The summed E-state index contributed by atoms with van der Waals surface area (Å²) in [4.78, 5) is 36.9. The van der Waals surface area contributed by atoms with Crippen LogP contribution < -0.4 is 20.5 Å². The van der Waals surface area contributed by atoms with Crippen molar-refractivity contribution in [3.05, 3.63) is 51.2 Å². The van der Waals surface area contributed by atoms with Crippen LogP contribution in [0.1, 0.15) is 36.1 Å². The number of ether oxygens (including phenoxy) is 2. The van der Waals surface area contributed by atoms with Crippen LogP contribution in [0.2, 0.25) is 0 Å². The van der Waals surface area contributed by atoms with Crippen molar-refractivity contribution in [1.82, 2.24) is 20.2 Å². The largest absolute Gasteiger partial charge is 0.494 e. The first kappa shape index (κ1) is 25.1. The zero-order chi connectivity index (χ0) is 24.8. The zero-order valence-electron chi connectivity index (χ0n) is 20.4. The van der Waals surface area contributed by atoms with Crippen LogP contribution in [0, 0.1) is 12.7 Å². The maximum atomic E-state index is 13.9. The summed E-state index contributed by atoms with van der Waals surface area (Å²) in [5.74, 6) is 0.396. The second-order valence-electron chi connectivity index (χ2n) is 9.14. The molecule has 2 N–H and O–H groups in total. The fourth-order valence-corrected chi connectivity index (χ4v) is 4.66. The highest BCUT2D eigenvalue weighted by atomic mass is 19.1. The number of H-pyrrole nitrogens is 1. The van der Waals surface area contributed by atoms with Crippen LogP contribution in [0.25, 0.3) is 0 Å². The molecule has 9 nitrogen and oxygen atoms in total. The fourth-order valence-electron chi connectivity index (χ4n) is 4.66. The van der Waals surface area contributed by atoms with E-state index in [1.54, 1.807) is 6.07 Å². The predicted octanol–water partition coefficient (Wildman–Crippen LogP) is 1.78. The van der Waals surface area contributed by atoms with Crippen molar-refractivity contribution in [3.8, 4) is 5.75 Å². The van der Waals surface area contributed by atoms with E-state index in [1.807, 2.05) is 17.9 Å². The van der Waals surface area contributed by atoms with Crippen molar-refractivity contribution in [2.45, 2.75) is 45.2 Å². The van der Waals surface area contributed by atoms with Crippen molar-refractivity contribution >= 4 is 11.9 Å². The minimum absolute atomic E-state index is 0.0586. The number of amides is 1. The molecule has 10 heteroatoms. The Morgan fingerprint density at radius 3 is 2.66 bits per heavy atom. The minimum atomic E-state index is -0.354. The Kier molecular flexibility index (Phi) is 8.35. The van der Waals surface area contributed by atoms with Gasteiger partial charge in [-0.15, -0.1) is 0 Å². The van der Waals surface area contributed by atoms with E-state index in [9.17, 15) is 14.0 Å². The summed E-state index contributed by atoms with van der Waals surface area (Å²) in [5, 5.41) is 3.10. The number of carbonyl (C=O) groups is 1. The van der Waals surface area contributed by atoms with E-state index in [4.69, 9.17) is 9.47 Å². The molecular formula is C25H34FN5O4. The van der Waals surface area contributed by atoms with Crippen molar-refractivity contribution in [2.75, 3.05) is 51.4 Å². The van der Waals surface area contributed by atoms with Gasteiger partial charge in [0, 0.05) is 56.4 Å². The molecule has 0 spiro atoms. The van der Waals surface area contributed by atoms with Crippen LogP contribution in [-0.4, -0.2) is 73.3 Å². The summed E-state index contributed by atoms with van der Waals surface area (Å²) in [6, 6.07) is 5.14. The van der Waals surface area contributed by atoms with Crippen LogP contribution >= 0.6 is 0 Å². The number of morpholine rings is 1. The van der Waals surface area contributed by atoms with Crippen molar-refractivity contribution in [2.24, 2.45) is 0 Å². The predicted molar refractivity (Wildman–Crippen MR) is 130 cm³/mol. The molecule has 0 saturated carbocycles. The number of benzene rings is 1. The molecule has 2 aromatic rings. The van der Waals surface area contributed by atoms with Crippen LogP contribution in [0.15, 0.2) is 23.0 Å². The van der Waals surface area contributed by atoms with Crippen molar-refractivity contribution in [3.63, 3.8) is 0 Å². The third-order valence-corrected chi connectivity index (χ3v) is 6.70. The Hall–Kier alpha value is -2.98. The van der Waals surface area contributed by atoms with Gasteiger partial charge in [0.05, 0.1) is 20.3 Å². The first-order valence-electron chi connectivity index (χ1n) is 12.2. The normalized spacial score (nSPS) is 17.4. The van der Waals surface area contributed by atoms with Gasteiger partial charge in [0.1, 0.15) is 0 Å². The molecule has 2 aliphatic heterocycles. The molecule has 190 valence electrons. The number of hydrogen-bond donors (Lipinski definition) is 2. The van der Waals surface area contributed by atoms with E-state index >= 15 is 0 Å². The lowest BCUT2D eigenvalue weighted by molar-refractivity contribution is -0.122. The van der Waals surface area contributed by atoms with Gasteiger partial charge in [-0.2, -0.15) is 0 Å². The second-order valence-corrected chi connectivity index (χ2v) is 9.14. The Bertz CT molecular complexity index is 1080. The zero-order valence-corrected chi connectivity index (χ0v) is 20.4. The van der Waals surface area contributed by atoms with Gasteiger partial charge in [-0.25, -0.2) is 9.37 Å². The number of hydrogen-bond acceptors (Lipinski definition) is 7. The molecule has 1 aromatic heterocycles. The SMILES string of the molecule is COc1ccc(CN2CCC(NC(=O)CCc3c(C)nc(N4CCOCC4)[nH]c3=O)CC2)cc1F. The molecule has 0 radical (unpaired) electrons. The molecule has 0 unspecified atom stereocenters. The van der Waals surface area contributed by atoms with Gasteiger partial charge >= 0.3 is 0 Å². The van der Waals surface area contributed by atoms with Gasteiger partial charge in [0.25, 0.3) is 5.56 Å². The number of nitrogens with zero attached hydrogens (tertiary/aromatic N) is 3. The highest BCUT2D eigenvalue weighted by Crippen LogP contribution is 2.20. The smallest absolute Gasteiger partial charge is 0.255 e. The lowest BCUT2D eigenvalue weighted by Crippen LogP contribution is -2.44. The van der Waals surface area contributed by atoms with Crippen molar-refractivity contribution in [1.29, 1.82) is 0 Å². The minimum Gasteiger partial charge on any atom is -0.494 e. The number of nitrogens with one attached hydrogen (secondary N) is 2. The summed E-state index contributed by atoms with van der Waals surface area (Å²) in [6.45, 7) is 6.75. The lowest BCUT2D eigenvalue weighted by Gasteiger charge is -2.32. The average Bonchev–Trinajstić information content (AvgIpc) is 2.85. The Morgan fingerprint density at radius 2 is 2.00 bits per heavy atom. The maximum absolute atomic E-state index is 13.9. The molecule has 35 heavy (non-hydrogen) atoms. The molecule has 4 rings (SSSR count). The van der Waals surface area contributed by atoms with Gasteiger partial charge in [0.15, 0.2) is 11.6 Å². The summed E-state index contributed by atoms with van der Waals surface area (Å²) >= 11 is 0. The standard InChI is InChI=1S/C25H34FN5O4/c1-17-20(24(33)29-25(27-17)31-11-13-35-14-12-31)4-6-23(32)28-19-7-9-30(10-8-19)16-18-3-5-22(34-2)21(26)15-18/h3,5,15,19H,4,6-14,16H2,1-2H3,(H,28,32)(H,27,29,33). The van der Waals surface area contributed by atoms with Gasteiger partial charge in [0.2, 0.25) is 11.9 Å². The highest BCUT2D eigenvalue weighted by molar-refractivity contribution is 5.76. The summed E-state index contributed by atoms with van der Waals surface area (Å²) < 4.78 is 24.3. The number of aromatic amines is 1. The van der Waals surface area contributed by atoms with Gasteiger partial charge in [-0.1, -0.05) is 6.07 Å². The highest BCUT2D eigenvalue weighted by Gasteiger charge is 2.22. The number of methoxy groups -OCH3 is 1. The van der Waals surface area contributed by atoms with Gasteiger partial charge in [-0.3, -0.25) is 19.5 Å². The summed E-state index contributed by atoms with van der Waals surface area (Å²) in [6.07, 6.45) is 2.26.